The standard InChI is InChI=1S/C14H8ClF3N4OS/c15-9-5-19-13(20-6-9)23-12-4-2-1-3-11(12)22-8-10(7-21-22)24-14(16,17)18/h1-8H. The summed E-state index contributed by atoms with van der Waals surface area (Å²) < 4.78 is 44.1. The molecule has 3 aromatic rings. The van der Waals surface area contributed by atoms with E-state index in [0.29, 0.717) is 16.5 Å². The van der Waals surface area contributed by atoms with E-state index in [2.05, 4.69) is 15.1 Å². The number of nitrogens with zero attached hydrogens (tertiary/aromatic N) is 4. The highest BCUT2D eigenvalue weighted by atomic mass is 35.5. The van der Waals surface area contributed by atoms with E-state index < -0.39 is 5.51 Å². The Kier molecular flexibility index (Phi) is 4.63. The molecule has 124 valence electrons. The second-order valence-corrected chi connectivity index (χ2v) is 6.00. The number of benzene rings is 1. The maximum Gasteiger partial charge on any atom is 0.446 e. The van der Waals surface area contributed by atoms with Crippen LogP contribution in [-0.4, -0.2) is 25.3 Å². The van der Waals surface area contributed by atoms with Gasteiger partial charge in [0.15, 0.2) is 5.75 Å². The van der Waals surface area contributed by atoms with E-state index in [4.69, 9.17) is 16.3 Å². The second-order valence-electron chi connectivity index (χ2n) is 4.42. The van der Waals surface area contributed by atoms with Gasteiger partial charge >= 0.3 is 11.5 Å². The first-order valence-corrected chi connectivity index (χ1v) is 7.65. The highest BCUT2D eigenvalue weighted by molar-refractivity contribution is 8.00. The van der Waals surface area contributed by atoms with E-state index in [9.17, 15) is 13.2 Å². The van der Waals surface area contributed by atoms with E-state index in [1.54, 1.807) is 24.3 Å². The maximum atomic E-state index is 12.4. The summed E-state index contributed by atoms with van der Waals surface area (Å²) in [4.78, 5) is 7.80. The molecule has 0 saturated carbocycles. The number of hydrogen-bond donors (Lipinski definition) is 0. The molecule has 0 aliphatic heterocycles. The van der Waals surface area contributed by atoms with Gasteiger partial charge in [0, 0.05) is 6.20 Å². The van der Waals surface area contributed by atoms with Gasteiger partial charge in [-0.05, 0) is 23.9 Å². The minimum absolute atomic E-state index is 0.0277. The van der Waals surface area contributed by atoms with Crippen molar-refractivity contribution in [2.45, 2.75) is 10.4 Å². The fourth-order valence-electron chi connectivity index (χ4n) is 1.81. The van der Waals surface area contributed by atoms with Gasteiger partial charge in [0.2, 0.25) is 0 Å². The minimum atomic E-state index is -4.37. The first-order chi connectivity index (χ1) is 11.4. The largest absolute Gasteiger partial charge is 0.446 e. The Morgan fingerprint density at radius 2 is 1.79 bits per heavy atom. The summed E-state index contributed by atoms with van der Waals surface area (Å²) in [6, 6.07) is 6.77. The molecule has 0 fully saturated rings. The van der Waals surface area contributed by atoms with Crippen molar-refractivity contribution < 1.29 is 17.9 Å². The number of alkyl halides is 3. The van der Waals surface area contributed by atoms with Crippen molar-refractivity contribution in [2.24, 2.45) is 0 Å². The number of aromatic nitrogens is 4. The van der Waals surface area contributed by atoms with Crippen LogP contribution in [-0.2, 0) is 0 Å². The highest BCUT2D eigenvalue weighted by Gasteiger charge is 2.30. The fraction of sp³-hybridized carbons (Fsp3) is 0.0714. The smallest absolute Gasteiger partial charge is 0.422 e. The number of halogens is 4. The lowest BCUT2D eigenvalue weighted by Gasteiger charge is -2.09. The van der Waals surface area contributed by atoms with Crippen molar-refractivity contribution in [2.75, 3.05) is 0 Å². The normalized spacial score (nSPS) is 11.5. The predicted octanol–water partition coefficient (Wildman–Crippen LogP) is 4.72. The molecule has 24 heavy (non-hydrogen) atoms. The zero-order chi connectivity index (χ0) is 17.2. The molecule has 0 amide bonds. The third-order valence-electron chi connectivity index (χ3n) is 2.70. The summed E-state index contributed by atoms with van der Waals surface area (Å²) in [6.45, 7) is 0. The van der Waals surface area contributed by atoms with Crippen LogP contribution in [0, 0.1) is 0 Å². The molecule has 0 N–H and O–H groups in total. The van der Waals surface area contributed by atoms with Crippen molar-refractivity contribution in [1.29, 1.82) is 0 Å². The van der Waals surface area contributed by atoms with Gasteiger partial charge in [-0.25, -0.2) is 14.6 Å². The Balaban J connectivity index is 1.88. The molecule has 0 spiro atoms. The van der Waals surface area contributed by atoms with Gasteiger partial charge in [0.25, 0.3) is 0 Å². The molecule has 0 bridgehead atoms. The molecule has 5 nitrogen and oxygen atoms in total. The Morgan fingerprint density at radius 1 is 1.08 bits per heavy atom. The number of hydrogen-bond acceptors (Lipinski definition) is 5. The van der Waals surface area contributed by atoms with Gasteiger partial charge in [-0.2, -0.15) is 18.3 Å². The quantitative estimate of drug-likeness (QED) is 0.620. The van der Waals surface area contributed by atoms with E-state index in [-0.39, 0.29) is 22.7 Å². The molecule has 3 rings (SSSR count). The average Bonchev–Trinajstić information content (AvgIpc) is 2.96. The minimum Gasteiger partial charge on any atom is -0.422 e. The third-order valence-corrected chi connectivity index (χ3v) is 3.58. The third kappa shape index (κ3) is 4.18. The molecular formula is C14H8ClF3N4OS. The zero-order valence-electron chi connectivity index (χ0n) is 11.7. The molecule has 2 heterocycles. The van der Waals surface area contributed by atoms with E-state index in [1.807, 2.05) is 0 Å². The molecule has 0 aliphatic carbocycles. The van der Waals surface area contributed by atoms with Crippen LogP contribution in [0.5, 0.6) is 11.8 Å². The molecule has 0 radical (unpaired) electrons. The molecule has 1 aromatic carbocycles. The first kappa shape index (κ1) is 16.6. The van der Waals surface area contributed by atoms with Crippen LogP contribution < -0.4 is 4.74 Å². The molecule has 10 heteroatoms. The lowest BCUT2D eigenvalue weighted by molar-refractivity contribution is -0.0328. The average molecular weight is 373 g/mol. The zero-order valence-corrected chi connectivity index (χ0v) is 13.3. The van der Waals surface area contributed by atoms with Crippen molar-refractivity contribution in [1.82, 2.24) is 19.7 Å². The summed E-state index contributed by atoms with van der Waals surface area (Å²) in [5.41, 5.74) is -3.92. The van der Waals surface area contributed by atoms with Crippen LogP contribution in [0.15, 0.2) is 53.9 Å². The van der Waals surface area contributed by atoms with Gasteiger partial charge in [0.05, 0.1) is 28.5 Å². The van der Waals surface area contributed by atoms with Gasteiger partial charge < -0.3 is 4.74 Å². The fourth-order valence-corrected chi connectivity index (χ4v) is 2.43. The molecule has 0 atom stereocenters. The van der Waals surface area contributed by atoms with Crippen LogP contribution in [0.25, 0.3) is 5.69 Å². The van der Waals surface area contributed by atoms with E-state index in [1.165, 1.54) is 23.3 Å². The van der Waals surface area contributed by atoms with Crippen molar-refractivity contribution >= 4 is 23.4 Å². The Morgan fingerprint density at radius 3 is 2.50 bits per heavy atom. The monoisotopic (exact) mass is 372 g/mol. The molecule has 0 unspecified atom stereocenters. The van der Waals surface area contributed by atoms with Gasteiger partial charge in [-0.15, -0.1) is 0 Å². The Bertz CT molecular complexity index is 839. The van der Waals surface area contributed by atoms with Crippen molar-refractivity contribution in [3.05, 3.63) is 54.1 Å². The highest BCUT2D eigenvalue weighted by Crippen LogP contribution is 2.37. The first-order valence-electron chi connectivity index (χ1n) is 6.46. The maximum absolute atomic E-state index is 12.4. The molecule has 0 aliphatic rings. The summed E-state index contributed by atoms with van der Waals surface area (Å²) in [7, 11) is 0. The van der Waals surface area contributed by atoms with Crippen LogP contribution >= 0.6 is 23.4 Å². The van der Waals surface area contributed by atoms with Gasteiger partial charge in [-0.1, -0.05) is 23.7 Å². The SMILES string of the molecule is FC(F)(F)Sc1cnn(-c2ccccc2Oc2ncc(Cl)cn2)c1. The lowest BCUT2D eigenvalue weighted by atomic mass is 10.3. The van der Waals surface area contributed by atoms with Gasteiger partial charge in [-0.3, -0.25) is 0 Å². The molecule has 0 saturated heterocycles. The summed E-state index contributed by atoms with van der Waals surface area (Å²) in [6.07, 6.45) is 5.15. The number of rotatable bonds is 4. The van der Waals surface area contributed by atoms with E-state index in [0.717, 1.165) is 6.20 Å². The van der Waals surface area contributed by atoms with Crippen LogP contribution in [0.4, 0.5) is 13.2 Å². The Labute approximate surface area is 143 Å². The van der Waals surface area contributed by atoms with Crippen molar-refractivity contribution in [3.63, 3.8) is 0 Å². The predicted molar refractivity (Wildman–Crippen MR) is 82.6 cm³/mol. The van der Waals surface area contributed by atoms with E-state index >= 15 is 0 Å². The summed E-state index contributed by atoms with van der Waals surface area (Å²) in [5.74, 6) is 0.339. The van der Waals surface area contributed by atoms with Crippen molar-refractivity contribution in [3.8, 4) is 17.4 Å². The second kappa shape index (κ2) is 6.70. The van der Waals surface area contributed by atoms with Crippen LogP contribution in [0.1, 0.15) is 0 Å². The lowest BCUT2D eigenvalue weighted by Crippen LogP contribution is -2.00. The Hall–Kier alpha value is -2.26. The number of ether oxygens (including phenoxy) is 1. The topological polar surface area (TPSA) is 52.8 Å². The van der Waals surface area contributed by atoms with Gasteiger partial charge in [0.1, 0.15) is 5.69 Å². The summed E-state index contributed by atoms with van der Waals surface area (Å²) in [5, 5.41) is 4.30. The van der Waals surface area contributed by atoms with Crippen LogP contribution in [0.3, 0.4) is 0 Å². The number of para-hydroxylation sites is 2. The molecule has 2 aromatic heterocycles. The van der Waals surface area contributed by atoms with Crippen LogP contribution in [0.2, 0.25) is 5.02 Å². The molecular weight excluding hydrogens is 365 g/mol. The number of thioether (sulfide) groups is 1. The summed E-state index contributed by atoms with van der Waals surface area (Å²) >= 11 is 5.47.